The van der Waals surface area contributed by atoms with Crippen LogP contribution in [0.2, 0.25) is 0 Å². The zero-order chi connectivity index (χ0) is 14.5. The maximum absolute atomic E-state index is 12.0. The van der Waals surface area contributed by atoms with Crippen LogP contribution in [0.4, 0.5) is 0 Å². The summed E-state index contributed by atoms with van der Waals surface area (Å²) in [6.45, 7) is 7.43. The van der Waals surface area contributed by atoms with Crippen LogP contribution in [0.5, 0.6) is 0 Å². The summed E-state index contributed by atoms with van der Waals surface area (Å²) in [5.74, 6) is 0.542. The summed E-state index contributed by atoms with van der Waals surface area (Å²) >= 11 is 0. The number of hydrogen-bond donors (Lipinski definition) is 0. The van der Waals surface area contributed by atoms with Crippen molar-refractivity contribution in [2.45, 2.75) is 27.3 Å². The van der Waals surface area contributed by atoms with Crippen molar-refractivity contribution in [2.24, 2.45) is 0 Å². The second kappa shape index (κ2) is 6.27. The fourth-order valence-electron chi connectivity index (χ4n) is 1.93. The Hall–Kier alpha value is -2.24. The molecule has 0 radical (unpaired) electrons. The van der Waals surface area contributed by atoms with E-state index >= 15 is 0 Å². The summed E-state index contributed by atoms with van der Waals surface area (Å²) in [6, 6.07) is 7.89. The lowest BCUT2D eigenvalue weighted by Gasteiger charge is -2.17. The van der Waals surface area contributed by atoms with Gasteiger partial charge in [-0.25, -0.2) is 0 Å². The van der Waals surface area contributed by atoms with Crippen molar-refractivity contribution in [3.05, 3.63) is 29.8 Å². The molecular formula is C14H19N5O. The largest absolute Gasteiger partial charge is 0.342 e. The van der Waals surface area contributed by atoms with E-state index in [0.29, 0.717) is 18.9 Å². The highest BCUT2D eigenvalue weighted by molar-refractivity contribution is 5.75. The number of nitrogens with zero attached hydrogens (tertiary/aromatic N) is 5. The van der Waals surface area contributed by atoms with E-state index in [-0.39, 0.29) is 12.5 Å². The maximum Gasteiger partial charge on any atom is 0.246 e. The Morgan fingerprint density at radius 1 is 1.20 bits per heavy atom. The maximum atomic E-state index is 12.0. The second-order valence-corrected chi connectivity index (χ2v) is 4.58. The highest BCUT2D eigenvalue weighted by Gasteiger charge is 2.13. The first kappa shape index (κ1) is 14.2. The number of aromatic nitrogens is 4. The molecule has 0 bridgehead atoms. The first-order valence-corrected chi connectivity index (χ1v) is 6.76. The summed E-state index contributed by atoms with van der Waals surface area (Å²) in [5, 5.41) is 12.2. The van der Waals surface area contributed by atoms with Gasteiger partial charge in [-0.3, -0.25) is 4.79 Å². The summed E-state index contributed by atoms with van der Waals surface area (Å²) in [7, 11) is 0. The van der Waals surface area contributed by atoms with Crippen LogP contribution in [-0.4, -0.2) is 44.1 Å². The second-order valence-electron chi connectivity index (χ2n) is 4.58. The number of likely N-dealkylation sites (N-methyl/N-ethyl adjacent to an activating group) is 1. The molecule has 0 aliphatic heterocycles. The highest BCUT2D eigenvalue weighted by atomic mass is 16.2. The van der Waals surface area contributed by atoms with Gasteiger partial charge in [-0.15, -0.1) is 10.2 Å². The molecule has 0 spiro atoms. The third-order valence-electron chi connectivity index (χ3n) is 3.16. The Balaban J connectivity index is 2.09. The van der Waals surface area contributed by atoms with Gasteiger partial charge in [-0.1, -0.05) is 29.8 Å². The third kappa shape index (κ3) is 3.20. The Morgan fingerprint density at radius 3 is 2.45 bits per heavy atom. The van der Waals surface area contributed by atoms with Gasteiger partial charge in [0.25, 0.3) is 0 Å². The minimum absolute atomic E-state index is 0.00264. The van der Waals surface area contributed by atoms with E-state index < -0.39 is 0 Å². The number of carbonyl (C=O) groups excluding carboxylic acids is 1. The zero-order valence-electron chi connectivity index (χ0n) is 12.1. The minimum atomic E-state index is 0.00264. The van der Waals surface area contributed by atoms with Crippen LogP contribution in [0.1, 0.15) is 19.4 Å². The van der Waals surface area contributed by atoms with Crippen molar-refractivity contribution in [2.75, 3.05) is 13.1 Å². The van der Waals surface area contributed by atoms with Crippen LogP contribution in [0.15, 0.2) is 24.3 Å². The van der Waals surface area contributed by atoms with Crippen molar-refractivity contribution in [1.29, 1.82) is 0 Å². The number of hydrogen-bond acceptors (Lipinski definition) is 4. The van der Waals surface area contributed by atoms with E-state index in [4.69, 9.17) is 0 Å². The summed E-state index contributed by atoms with van der Waals surface area (Å²) < 4.78 is 0. The molecule has 0 atom stereocenters. The van der Waals surface area contributed by atoms with E-state index in [0.717, 1.165) is 5.56 Å². The first-order chi connectivity index (χ1) is 9.63. The molecule has 0 saturated heterocycles. The van der Waals surface area contributed by atoms with Gasteiger partial charge in [-0.2, -0.15) is 4.80 Å². The summed E-state index contributed by atoms with van der Waals surface area (Å²) in [6.07, 6.45) is 0. The number of tetrazole rings is 1. The molecule has 0 N–H and O–H groups in total. The molecule has 1 aromatic carbocycles. The van der Waals surface area contributed by atoms with Crippen molar-refractivity contribution in [3.8, 4) is 11.4 Å². The Labute approximate surface area is 118 Å². The molecule has 2 rings (SSSR count). The van der Waals surface area contributed by atoms with E-state index in [1.54, 1.807) is 4.90 Å². The first-order valence-electron chi connectivity index (χ1n) is 6.76. The fourth-order valence-corrected chi connectivity index (χ4v) is 1.93. The van der Waals surface area contributed by atoms with Gasteiger partial charge in [0.2, 0.25) is 11.7 Å². The minimum Gasteiger partial charge on any atom is -0.342 e. The quantitative estimate of drug-likeness (QED) is 0.828. The SMILES string of the molecule is CCN(CC)C(=O)Cn1nnc(-c2ccc(C)cc2)n1. The van der Waals surface area contributed by atoms with Crippen molar-refractivity contribution in [3.63, 3.8) is 0 Å². The van der Waals surface area contributed by atoms with Crippen molar-refractivity contribution < 1.29 is 4.79 Å². The summed E-state index contributed by atoms with van der Waals surface area (Å²) in [4.78, 5) is 15.1. The number of rotatable bonds is 5. The van der Waals surface area contributed by atoms with E-state index in [1.807, 2.05) is 45.0 Å². The molecule has 6 heteroatoms. The molecule has 0 fully saturated rings. The molecule has 1 heterocycles. The Bertz CT molecular complexity index is 572. The molecular weight excluding hydrogens is 254 g/mol. The van der Waals surface area contributed by atoms with Gasteiger partial charge in [0.1, 0.15) is 6.54 Å². The van der Waals surface area contributed by atoms with E-state index in [2.05, 4.69) is 15.4 Å². The van der Waals surface area contributed by atoms with Crippen LogP contribution < -0.4 is 0 Å². The fraction of sp³-hybridized carbons (Fsp3) is 0.429. The van der Waals surface area contributed by atoms with Gasteiger partial charge in [0.05, 0.1) is 0 Å². The van der Waals surface area contributed by atoms with Gasteiger partial charge in [-0.05, 0) is 26.0 Å². The number of benzene rings is 1. The molecule has 0 aliphatic rings. The van der Waals surface area contributed by atoms with E-state index in [1.165, 1.54) is 10.4 Å². The topological polar surface area (TPSA) is 63.9 Å². The molecule has 1 amide bonds. The molecule has 0 unspecified atom stereocenters. The molecule has 0 saturated carbocycles. The number of carbonyl (C=O) groups is 1. The third-order valence-corrected chi connectivity index (χ3v) is 3.16. The molecule has 2 aromatic rings. The van der Waals surface area contributed by atoms with Gasteiger partial charge < -0.3 is 4.90 Å². The zero-order valence-corrected chi connectivity index (χ0v) is 12.1. The van der Waals surface area contributed by atoms with Gasteiger partial charge >= 0.3 is 0 Å². The summed E-state index contributed by atoms with van der Waals surface area (Å²) in [5.41, 5.74) is 2.08. The predicted molar refractivity (Wildman–Crippen MR) is 75.9 cm³/mol. The number of aryl methyl sites for hydroxylation is 1. The van der Waals surface area contributed by atoms with Crippen LogP contribution in [0, 0.1) is 6.92 Å². The normalized spacial score (nSPS) is 10.6. The molecule has 0 aliphatic carbocycles. The molecule has 20 heavy (non-hydrogen) atoms. The average molecular weight is 273 g/mol. The highest BCUT2D eigenvalue weighted by Crippen LogP contribution is 2.13. The molecule has 106 valence electrons. The monoisotopic (exact) mass is 273 g/mol. The van der Waals surface area contributed by atoms with Crippen molar-refractivity contribution in [1.82, 2.24) is 25.1 Å². The van der Waals surface area contributed by atoms with Crippen LogP contribution in [-0.2, 0) is 11.3 Å². The smallest absolute Gasteiger partial charge is 0.246 e. The van der Waals surface area contributed by atoms with Gasteiger partial charge in [0, 0.05) is 18.7 Å². The van der Waals surface area contributed by atoms with Crippen molar-refractivity contribution >= 4 is 5.91 Å². The molecule has 6 nitrogen and oxygen atoms in total. The predicted octanol–water partition coefficient (Wildman–Crippen LogP) is 1.52. The van der Waals surface area contributed by atoms with Gasteiger partial charge in [0.15, 0.2) is 0 Å². The standard InChI is InChI=1S/C14H19N5O/c1-4-18(5-2)13(20)10-19-16-14(15-17-19)12-8-6-11(3)7-9-12/h6-9H,4-5,10H2,1-3H3. The lowest BCUT2D eigenvalue weighted by molar-refractivity contribution is -0.131. The number of amides is 1. The molecule has 1 aromatic heterocycles. The lowest BCUT2D eigenvalue weighted by Crippen LogP contribution is -2.34. The lowest BCUT2D eigenvalue weighted by atomic mass is 10.1. The Morgan fingerprint density at radius 2 is 1.85 bits per heavy atom. The average Bonchev–Trinajstić information content (AvgIpc) is 2.89. The van der Waals surface area contributed by atoms with E-state index in [9.17, 15) is 4.79 Å². The van der Waals surface area contributed by atoms with Crippen LogP contribution in [0.25, 0.3) is 11.4 Å². The Kier molecular flexibility index (Phi) is 4.45. The van der Waals surface area contributed by atoms with Crippen LogP contribution in [0.3, 0.4) is 0 Å². The van der Waals surface area contributed by atoms with Crippen LogP contribution >= 0.6 is 0 Å².